The first-order valence-corrected chi connectivity index (χ1v) is 6.44. The first-order valence-electron chi connectivity index (χ1n) is 5.66. The molecule has 1 aromatic carbocycles. The number of hydrogen-bond acceptors (Lipinski definition) is 5. The lowest BCUT2D eigenvalue weighted by Gasteiger charge is -2.18. The van der Waals surface area contributed by atoms with Gasteiger partial charge in [-0.1, -0.05) is 16.6 Å². The van der Waals surface area contributed by atoms with Crippen molar-refractivity contribution < 1.29 is 4.79 Å². The molecule has 0 atom stereocenters. The van der Waals surface area contributed by atoms with Gasteiger partial charge in [0.2, 0.25) is 0 Å². The van der Waals surface area contributed by atoms with Gasteiger partial charge in [-0.2, -0.15) is 0 Å². The summed E-state index contributed by atoms with van der Waals surface area (Å²) in [6.07, 6.45) is 0.845. The van der Waals surface area contributed by atoms with Gasteiger partial charge in [0.15, 0.2) is 0 Å². The van der Waals surface area contributed by atoms with Crippen LogP contribution < -0.4 is 10.6 Å². The van der Waals surface area contributed by atoms with Crippen molar-refractivity contribution in [1.29, 1.82) is 0 Å². The third kappa shape index (κ3) is 1.57. The maximum atomic E-state index is 12.4. The summed E-state index contributed by atoms with van der Waals surface area (Å²) in [5, 5.41) is 3.88. The molecular formula is C12H12N4OS. The lowest BCUT2D eigenvalue weighted by atomic mass is 10.1. The molecule has 0 unspecified atom stereocenters. The average Bonchev–Trinajstić information content (AvgIpc) is 2.95. The van der Waals surface area contributed by atoms with Crippen molar-refractivity contribution in [3.63, 3.8) is 0 Å². The normalized spacial score (nSPS) is 13.7. The fourth-order valence-corrected chi connectivity index (χ4v) is 2.85. The lowest BCUT2D eigenvalue weighted by molar-refractivity contribution is 0.0992. The number of benzene rings is 1. The molecule has 0 spiro atoms. The third-order valence-corrected chi connectivity index (χ3v) is 3.93. The SMILES string of the molecule is Cc1nnsc1C(=O)N1CCc2cccc(N)c21. The Hall–Kier alpha value is -1.95. The summed E-state index contributed by atoms with van der Waals surface area (Å²) in [5.74, 6) is -0.0563. The van der Waals surface area contributed by atoms with Gasteiger partial charge in [0.05, 0.1) is 17.1 Å². The Kier molecular flexibility index (Phi) is 2.52. The van der Waals surface area contributed by atoms with Gasteiger partial charge in [0, 0.05) is 6.54 Å². The van der Waals surface area contributed by atoms with Gasteiger partial charge in [-0.05, 0) is 36.5 Å². The summed E-state index contributed by atoms with van der Waals surface area (Å²) in [6.45, 7) is 2.46. The van der Waals surface area contributed by atoms with Crippen molar-refractivity contribution in [1.82, 2.24) is 9.59 Å². The smallest absolute Gasteiger partial charge is 0.272 e. The molecule has 1 amide bonds. The van der Waals surface area contributed by atoms with E-state index in [1.54, 1.807) is 11.8 Å². The molecule has 0 radical (unpaired) electrons. The van der Waals surface area contributed by atoms with E-state index in [2.05, 4.69) is 9.59 Å². The van der Waals surface area contributed by atoms with E-state index in [-0.39, 0.29) is 5.91 Å². The Morgan fingerprint density at radius 2 is 2.33 bits per heavy atom. The van der Waals surface area contributed by atoms with Crippen LogP contribution in [-0.4, -0.2) is 22.0 Å². The number of para-hydroxylation sites is 1. The van der Waals surface area contributed by atoms with Crippen LogP contribution in [0, 0.1) is 6.92 Å². The van der Waals surface area contributed by atoms with Gasteiger partial charge < -0.3 is 10.6 Å². The van der Waals surface area contributed by atoms with E-state index in [1.807, 2.05) is 18.2 Å². The molecule has 2 aromatic rings. The minimum absolute atomic E-state index is 0.0563. The average molecular weight is 260 g/mol. The molecule has 2 N–H and O–H groups in total. The molecule has 18 heavy (non-hydrogen) atoms. The molecule has 5 nitrogen and oxygen atoms in total. The molecule has 3 rings (SSSR count). The number of nitrogens with two attached hydrogens (primary N) is 1. The summed E-state index contributed by atoms with van der Waals surface area (Å²) in [4.78, 5) is 14.8. The highest BCUT2D eigenvalue weighted by Gasteiger charge is 2.29. The topological polar surface area (TPSA) is 72.1 Å². The van der Waals surface area contributed by atoms with E-state index in [0.717, 1.165) is 29.2 Å². The highest BCUT2D eigenvalue weighted by atomic mass is 32.1. The van der Waals surface area contributed by atoms with Gasteiger partial charge in [0.1, 0.15) is 4.88 Å². The molecule has 6 heteroatoms. The number of nitrogen functional groups attached to an aromatic ring is 1. The predicted molar refractivity (Wildman–Crippen MR) is 70.9 cm³/mol. The molecule has 92 valence electrons. The molecule has 0 saturated heterocycles. The van der Waals surface area contributed by atoms with Gasteiger partial charge in [-0.15, -0.1) is 5.10 Å². The maximum absolute atomic E-state index is 12.4. The van der Waals surface area contributed by atoms with Gasteiger partial charge in [-0.25, -0.2) is 0 Å². The van der Waals surface area contributed by atoms with Crippen molar-refractivity contribution in [3.05, 3.63) is 34.3 Å². The molecule has 0 saturated carbocycles. The highest BCUT2D eigenvalue weighted by Crippen LogP contribution is 2.35. The van der Waals surface area contributed by atoms with Crippen LogP contribution in [0.5, 0.6) is 0 Å². The summed E-state index contributed by atoms with van der Waals surface area (Å²) in [6, 6.07) is 5.75. The van der Waals surface area contributed by atoms with E-state index in [1.165, 1.54) is 0 Å². The Labute approximate surface area is 108 Å². The fourth-order valence-electron chi connectivity index (χ4n) is 2.24. The van der Waals surface area contributed by atoms with Crippen molar-refractivity contribution in [2.75, 3.05) is 17.2 Å². The lowest BCUT2D eigenvalue weighted by Crippen LogP contribution is -2.29. The van der Waals surface area contributed by atoms with E-state index < -0.39 is 0 Å². The van der Waals surface area contributed by atoms with E-state index in [4.69, 9.17) is 5.73 Å². The number of hydrogen-bond donors (Lipinski definition) is 1. The quantitative estimate of drug-likeness (QED) is 0.791. The summed E-state index contributed by atoms with van der Waals surface area (Å²) >= 11 is 1.13. The first kappa shape index (κ1) is 11.2. The van der Waals surface area contributed by atoms with Crippen LogP contribution in [0.2, 0.25) is 0 Å². The molecule has 1 aliphatic heterocycles. The molecule has 2 heterocycles. The molecular weight excluding hydrogens is 248 g/mol. The van der Waals surface area contributed by atoms with Crippen LogP contribution >= 0.6 is 11.5 Å². The highest BCUT2D eigenvalue weighted by molar-refractivity contribution is 7.08. The maximum Gasteiger partial charge on any atom is 0.272 e. The second kappa shape index (κ2) is 4.06. The van der Waals surface area contributed by atoms with Crippen LogP contribution in [0.3, 0.4) is 0 Å². The van der Waals surface area contributed by atoms with Crippen molar-refractivity contribution in [2.45, 2.75) is 13.3 Å². The number of fused-ring (bicyclic) bond motifs is 1. The Balaban J connectivity index is 2.03. The van der Waals surface area contributed by atoms with Gasteiger partial charge in [-0.3, -0.25) is 4.79 Å². The number of nitrogens with zero attached hydrogens (tertiary/aromatic N) is 3. The first-order chi connectivity index (χ1) is 8.68. The number of rotatable bonds is 1. The molecule has 1 aromatic heterocycles. The summed E-state index contributed by atoms with van der Waals surface area (Å²) in [5.41, 5.74) is 9.26. The van der Waals surface area contributed by atoms with Crippen LogP contribution in [-0.2, 0) is 6.42 Å². The standard InChI is InChI=1S/C12H12N4OS/c1-7-11(18-15-14-7)12(17)16-6-5-8-3-2-4-9(13)10(8)16/h2-4H,5-6,13H2,1H3. The number of anilines is 2. The minimum Gasteiger partial charge on any atom is -0.397 e. The van der Waals surface area contributed by atoms with E-state index in [0.29, 0.717) is 22.8 Å². The Morgan fingerprint density at radius 1 is 1.50 bits per heavy atom. The second-order valence-corrected chi connectivity index (χ2v) is 5.00. The number of amides is 1. The van der Waals surface area contributed by atoms with Crippen molar-refractivity contribution >= 4 is 28.8 Å². The molecule has 1 aliphatic rings. The molecule has 0 bridgehead atoms. The fraction of sp³-hybridized carbons (Fsp3) is 0.250. The van der Waals surface area contributed by atoms with Crippen molar-refractivity contribution in [2.24, 2.45) is 0 Å². The van der Waals surface area contributed by atoms with Crippen LogP contribution in [0.1, 0.15) is 20.9 Å². The second-order valence-electron chi connectivity index (χ2n) is 4.25. The van der Waals surface area contributed by atoms with Crippen LogP contribution in [0.15, 0.2) is 18.2 Å². The van der Waals surface area contributed by atoms with Crippen molar-refractivity contribution in [3.8, 4) is 0 Å². The molecule has 0 aliphatic carbocycles. The van der Waals surface area contributed by atoms with E-state index in [9.17, 15) is 4.79 Å². The van der Waals surface area contributed by atoms with Crippen LogP contribution in [0.25, 0.3) is 0 Å². The zero-order valence-corrected chi connectivity index (χ0v) is 10.7. The zero-order valence-electron chi connectivity index (χ0n) is 9.88. The van der Waals surface area contributed by atoms with Gasteiger partial charge in [0.25, 0.3) is 5.91 Å². The Bertz CT molecular complexity index is 622. The zero-order chi connectivity index (χ0) is 12.7. The number of carbonyl (C=O) groups is 1. The minimum atomic E-state index is -0.0563. The third-order valence-electron chi connectivity index (χ3n) is 3.12. The number of carbonyl (C=O) groups excluding carboxylic acids is 1. The number of aryl methyl sites for hydroxylation is 1. The Morgan fingerprint density at radius 3 is 3.06 bits per heavy atom. The predicted octanol–water partition coefficient (Wildman–Crippen LogP) is 1.63. The van der Waals surface area contributed by atoms with Crippen LogP contribution in [0.4, 0.5) is 11.4 Å². The summed E-state index contributed by atoms with van der Waals surface area (Å²) in [7, 11) is 0. The largest absolute Gasteiger partial charge is 0.397 e. The molecule has 0 fully saturated rings. The number of aromatic nitrogens is 2. The van der Waals surface area contributed by atoms with Gasteiger partial charge >= 0.3 is 0 Å². The van der Waals surface area contributed by atoms with E-state index >= 15 is 0 Å². The summed E-state index contributed by atoms with van der Waals surface area (Å²) < 4.78 is 3.81. The monoisotopic (exact) mass is 260 g/mol.